The topological polar surface area (TPSA) is 12.5 Å². The summed E-state index contributed by atoms with van der Waals surface area (Å²) in [6.07, 6.45) is 2.04. The van der Waals surface area contributed by atoms with E-state index in [1.54, 1.807) is 0 Å². The van der Waals surface area contributed by atoms with Crippen LogP contribution in [0.3, 0.4) is 0 Å². The fourth-order valence-electron chi connectivity index (χ4n) is 2.43. The minimum atomic E-state index is -1.69. The molecule has 1 aliphatic rings. The summed E-state index contributed by atoms with van der Waals surface area (Å²) in [4.78, 5) is 2.46. The van der Waals surface area contributed by atoms with Gasteiger partial charge in [-0.15, -0.1) is 6.58 Å². The number of nitrogens with zero attached hydrogens (tertiary/aromatic N) is 1. The molecule has 0 saturated carbocycles. The zero-order chi connectivity index (χ0) is 15.7. The van der Waals surface area contributed by atoms with Crippen molar-refractivity contribution in [2.45, 2.75) is 58.0 Å². The lowest BCUT2D eigenvalue weighted by Gasteiger charge is -2.38. The maximum absolute atomic E-state index is 6.38. The molecule has 0 aliphatic carbocycles. The van der Waals surface area contributed by atoms with E-state index in [4.69, 9.17) is 4.43 Å². The lowest BCUT2D eigenvalue weighted by Crippen LogP contribution is -2.44. The van der Waals surface area contributed by atoms with Crippen LogP contribution in [0.4, 0.5) is 0 Å². The van der Waals surface area contributed by atoms with Crippen LogP contribution in [-0.4, -0.2) is 25.9 Å². The zero-order valence-corrected chi connectivity index (χ0v) is 15.1. The molecule has 21 heavy (non-hydrogen) atoms. The van der Waals surface area contributed by atoms with Gasteiger partial charge >= 0.3 is 0 Å². The van der Waals surface area contributed by atoms with E-state index in [0.29, 0.717) is 6.04 Å². The van der Waals surface area contributed by atoms with Gasteiger partial charge in [0.05, 0.1) is 12.6 Å². The van der Waals surface area contributed by atoms with E-state index in [0.717, 1.165) is 19.7 Å². The maximum Gasteiger partial charge on any atom is 0.192 e. The van der Waals surface area contributed by atoms with Crippen LogP contribution in [0, 0.1) is 0 Å². The molecule has 0 spiro atoms. The van der Waals surface area contributed by atoms with E-state index < -0.39 is 8.32 Å². The molecule has 0 saturated heterocycles. The number of rotatable bonds is 5. The van der Waals surface area contributed by atoms with E-state index in [1.165, 1.54) is 11.1 Å². The second kappa shape index (κ2) is 6.07. The Bertz CT molecular complexity index is 479. The molecule has 1 aromatic rings. The van der Waals surface area contributed by atoms with Gasteiger partial charge in [0.2, 0.25) is 0 Å². The highest BCUT2D eigenvalue weighted by Crippen LogP contribution is 2.37. The van der Waals surface area contributed by atoms with Crippen molar-refractivity contribution in [1.29, 1.82) is 0 Å². The molecule has 1 aliphatic heterocycles. The highest BCUT2D eigenvalue weighted by Gasteiger charge is 2.38. The van der Waals surface area contributed by atoms with Gasteiger partial charge in [0, 0.05) is 13.1 Å². The number of benzene rings is 1. The van der Waals surface area contributed by atoms with Crippen LogP contribution in [0.2, 0.25) is 18.1 Å². The van der Waals surface area contributed by atoms with Crippen LogP contribution in [0.1, 0.15) is 31.9 Å². The Labute approximate surface area is 130 Å². The summed E-state index contributed by atoms with van der Waals surface area (Å²) in [6.45, 7) is 18.3. The second-order valence-electron chi connectivity index (χ2n) is 7.55. The first-order valence-electron chi connectivity index (χ1n) is 7.82. The Kier molecular flexibility index (Phi) is 4.76. The first-order chi connectivity index (χ1) is 9.74. The molecule has 0 radical (unpaired) electrons. The molecule has 0 amide bonds. The zero-order valence-electron chi connectivity index (χ0n) is 14.1. The lowest BCUT2D eigenvalue weighted by molar-refractivity contribution is 0.155. The van der Waals surface area contributed by atoms with Crippen molar-refractivity contribution in [3.63, 3.8) is 0 Å². The van der Waals surface area contributed by atoms with Crippen molar-refractivity contribution >= 4 is 8.32 Å². The second-order valence-corrected chi connectivity index (χ2v) is 12.4. The largest absolute Gasteiger partial charge is 0.415 e. The first-order valence-corrected chi connectivity index (χ1v) is 10.7. The number of fused-ring (bicyclic) bond motifs is 1. The fourth-order valence-corrected chi connectivity index (χ4v) is 3.45. The predicted octanol–water partition coefficient (Wildman–Crippen LogP) is 4.58. The molecule has 3 heteroatoms. The van der Waals surface area contributed by atoms with Gasteiger partial charge in [-0.3, -0.25) is 4.90 Å². The highest BCUT2D eigenvalue weighted by atomic mass is 28.4. The van der Waals surface area contributed by atoms with Gasteiger partial charge in [-0.05, 0) is 29.3 Å². The third kappa shape index (κ3) is 3.65. The Morgan fingerprint density at radius 2 is 1.76 bits per heavy atom. The maximum atomic E-state index is 6.38. The molecule has 1 heterocycles. The monoisotopic (exact) mass is 303 g/mol. The quantitative estimate of drug-likeness (QED) is 0.583. The Morgan fingerprint density at radius 1 is 1.24 bits per heavy atom. The summed E-state index contributed by atoms with van der Waals surface area (Å²) < 4.78 is 6.38. The minimum absolute atomic E-state index is 0.257. The van der Waals surface area contributed by atoms with Crippen molar-refractivity contribution < 1.29 is 4.43 Å². The molecule has 0 fully saturated rings. The molecule has 0 N–H and O–H groups in total. The number of hydrogen-bond acceptors (Lipinski definition) is 2. The third-order valence-electron chi connectivity index (χ3n) is 5.03. The molecule has 1 aromatic carbocycles. The van der Waals surface area contributed by atoms with Crippen molar-refractivity contribution in [3.8, 4) is 0 Å². The minimum Gasteiger partial charge on any atom is -0.415 e. The number of hydrogen-bond donors (Lipinski definition) is 0. The van der Waals surface area contributed by atoms with Crippen molar-refractivity contribution in [3.05, 3.63) is 48.0 Å². The third-order valence-corrected chi connectivity index (χ3v) is 9.53. The molecule has 0 unspecified atom stereocenters. The van der Waals surface area contributed by atoms with Gasteiger partial charge in [-0.1, -0.05) is 51.1 Å². The first kappa shape index (κ1) is 16.5. The molecule has 0 aromatic heterocycles. The van der Waals surface area contributed by atoms with E-state index in [-0.39, 0.29) is 5.04 Å². The summed E-state index contributed by atoms with van der Waals surface area (Å²) in [5, 5.41) is 0.257. The van der Waals surface area contributed by atoms with Crippen LogP contribution in [0.5, 0.6) is 0 Å². The predicted molar refractivity (Wildman–Crippen MR) is 92.8 cm³/mol. The summed E-state index contributed by atoms with van der Waals surface area (Å²) in [6, 6.07) is 9.00. The molecule has 2 rings (SSSR count). The molecule has 0 bridgehead atoms. The molecular weight excluding hydrogens is 274 g/mol. The SMILES string of the molecule is C=C[C@@H](CO[Si](C)(C)C(C)(C)C)N1Cc2ccccc2C1. The van der Waals surface area contributed by atoms with Crippen molar-refractivity contribution in [1.82, 2.24) is 4.90 Å². The molecular formula is C18H29NOSi. The highest BCUT2D eigenvalue weighted by molar-refractivity contribution is 6.74. The van der Waals surface area contributed by atoms with Crippen LogP contribution >= 0.6 is 0 Å². The summed E-state index contributed by atoms with van der Waals surface area (Å²) >= 11 is 0. The van der Waals surface area contributed by atoms with Crippen LogP contribution < -0.4 is 0 Å². The van der Waals surface area contributed by atoms with E-state index in [9.17, 15) is 0 Å². The Morgan fingerprint density at radius 3 is 2.19 bits per heavy atom. The average molecular weight is 304 g/mol. The van der Waals surface area contributed by atoms with E-state index in [2.05, 4.69) is 69.6 Å². The Hall–Kier alpha value is -0.903. The standard InChI is InChI=1S/C18H29NOSi/c1-7-17(14-20-21(5,6)18(2,3)4)19-12-15-10-8-9-11-16(15)13-19/h7-11,17H,1,12-14H2,2-6H3/t17-/m0/s1. The van der Waals surface area contributed by atoms with Gasteiger partial charge in [-0.2, -0.15) is 0 Å². The fraction of sp³-hybridized carbons (Fsp3) is 0.556. The average Bonchev–Trinajstić information content (AvgIpc) is 2.81. The van der Waals surface area contributed by atoms with Gasteiger partial charge < -0.3 is 4.43 Å². The van der Waals surface area contributed by atoms with Gasteiger partial charge in [-0.25, -0.2) is 0 Å². The molecule has 2 nitrogen and oxygen atoms in total. The van der Waals surface area contributed by atoms with Crippen LogP contribution in [0.15, 0.2) is 36.9 Å². The molecule has 1 atom stereocenters. The summed E-state index contributed by atoms with van der Waals surface area (Å²) in [5.41, 5.74) is 2.88. The Balaban J connectivity index is 1.98. The van der Waals surface area contributed by atoms with Gasteiger partial charge in [0.25, 0.3) is 0 Å². The van der Waals surface area contributed by atoms with E-state index >= 15 is 0 Å². The van der Waals surface area contributed by atoms with Crippen molar-refractivity contribution in [2.75, 3.05) is 6.61 Å². The normalized spacial score (nSPS) is 17.6. The lowest BCUT2D eigenvalue weighted by atomic mass is 10.1. The smallest absolute Gasteiger partial charge is 0.192 e. The summed E-state index contributed by atoms with van der Waals surface area (Å²) in [7, 11) is -1.69. The van der Waals surface area contributed by atoms with Crippen LogP contribution in [0.25, 0.3) is 0 Å². The van der Waals surface area contributed by atoms with E-state index in [1.807, 2.05) is 6.08 Å². The van der Waals surface area contributed by atoms with Crippen molar-refractivity contribution in [2.24, 2.45) is 0 Å². The van der Waals surface area contributed by atoms with Gasteiger partial charge in [0.15, 0.2) is 8.32 Å². The van der Waals surface area contributed by atoms with Crippen LogP contribution in [-0.2, 0) is 17.5 Å². The molecule has 116 valence electrons. The van der Waals surface area contributed by atoms with Gasteiger partial charge in [0.1, 0.15) is 0 Å². The summed E-state index contributed by atoms with van der Waals surface area (Å²) in [5.74, 6) is 0.